The first-order chi connectivity index (χ1) is 12.2. The van der Waals surface area contributed by atoms with Crippen LogP contribution in [0.25, 0.3) is 0 Å². The van der Waals surface area contributed by atoms with Crippen molar-refractivity contribution >= 4 is 0 Å². The van der Waals surface area contributed by atoms with Crippen molar-refractivity contribution in [1.82, 2.24) is 14.7 Å². The minimum atomic E-state index is -0.168. The number of hydrogen-bond donors (Lipinski definition) is 2. The summed E-state index contributed by atoms with van der Waals surface area (Å²) in [6, 6.07) is 11.2. The van der Waals surface area contributed by atoms with Crippen LogP contribution < -0.4 is 0 Å². The second kappa shape index (κ2) is 7.33. The molecule has 0 bridgehead atoms. The van der Waals surface area contributed by atoms with E-state index >= 15 is 0 Å². The maximum absolute atomic E-state index is 10.2. The molecule has 0 saturated carbocycles. The smallest absolute Gasteiger partial charge is 0.0682 e. The maximum atomic E-state index is 10.2. The normalized spacial score (nSPS) is 29.7. The fraction of sp³-hybridized carbons (Fsp3) is 0.700. The summed E-state index contributed by atoms with van der Waals surface area (Å²) in [4.78, 5) is 7.68. The van der Waals surface area contributed by atoms with Crippen molar-refractivity contribution in [2.75, 3.05) is 52.4 Å². The summed E-state index contributed by atoms with van der Waals surface area (Å²) in [6.45, 7) is 7.54. The topological polar surface area (TPSA) is 50.2 Å². The van der Waals surface area contributed by atoms with E-state index in [2.05, 4.69) is 45.0 Å². The molecule has 3 aliphatic heterocycles. The number of benzene rings is 1. The zero-order chi connectivity index (χ0) is 17.3. The Morgan fingerprint density at radius 1 is 1.00 bits per heavy atom. The third kappa shape index (κ3) is 3.62. The molecule has 1 aromatic rings. The number of aliphatic hydroxyl groups excluding tert-OH is 2. The highest BCUT2D eigenvalue weighted by atomic mass is 16.3. The SMILES string of the molecule is OCCCN1C[C@H]2C[C@@H](O)CN2C2(C1)CN(CCc1ccccc1)C2. The van der Waals surface area contributed by atoms with Crippen molar-refractivity contribution in [1.29, 1.82) is 0 Å². The summed E-state index contributed by atoms with van der Waals surface area (Å²) in [6.07, 6.45) is 2.69. The largest absolute Gasteiger partial charge is 0.396 e. The molecule has 25 heavy (non-hydrogen) atoms. The Morgan fingerprint density at radius 2 is 1.76 bits per heavy atom. The van der Waals surface area contributed by atoms with Crippen LogP contribution in [0, 0.1) is 0 Å². The van der Waals surface area contributed by atoms with Crippen LogP contribution in [-0.2, 0) is 6.42 Å². The monoisotopic (exact) mass is 345 g/mol. The number of β-amino-alcohol motifs (C(OH)–C–C–N with tert-alkyl or cyclic N) is 1. The summed E-state index contributed by atoms with van der Waals surface area (Å²) in [5.41, 5.74) is 1.62. The van der Waals surface area contributed by atoms with Gasteiger partial charge in [0.1, 0.15) is 0 Å². The Kier molecular flexibility index (Phi) is 5.11. The van der Waals surface area contributed by atoms with Gasteiger partial charge in [-0.3, -0.25) is 14.7 Å². The van der Waals surface area contributed by atoms with Gasteiger partial charge >= 0.3 is 0 Å². The Labute approximate surface area is 150 Å². The molecule has 138 valence electrons. The van der Waals surface area contributed by atoms with Crippen LogP contribution in [0.5, 0.6) is 0 Å². The number of aliphatic hydroxyl groups is 2. The highest BCUT2D eigenvalue weighted by Gasteiger charge is 2.55. The zero-order valence-corrected chi connectivity index (χ0v) is 15.1. The molecule has 0 aromatic heterocycles. The van der Waals surface area contributed by atoms with Gasteiger partial charge in [0.25, 0.3) is 0 Å². The number of piperazine rings is 1. The molecule has 3 heterocycles. The first-order valence-corrected chi connectivity index (χ1v) is 9.73. The molecule has 1 aromatic carbocycles. The molecule has 0 radical (unpaired) electrons. The third-order valence-electron chi connectivity index (χ3n) is 6.22. The number of likely N-dealkylation sites (tertiary alicyclic amines) is 1. The van der Waals surface area contributed by atoms with E-state index in [0.717, 1.165) is 65.1 Å². The number of nitrogens with zero attached hydrogens (tertiary/aromatic N) is 3. The van der Waals surface area contributed by atoms with Crippen molar-refractivity contribution in [3.63, 3.8) is 0 Å². The van der Waals surface area contributed by atoms with Crippen LogP contribution in [0.2, 0.25) is 0 Å². The molecule has 1 spiro atoms. The fourth-order valence-electron chi connectivity index (χ4n) is 5.14. The van der Waals surface area contributed by atoms with Gasteiger partial charge in [-0.1, -0.05) is 30.3 Å². The molecule has 5 heteroatoms. The lowest BCUT2D eigenvalue weighted by Crippen LogP contribution is -2.78. The van der Waals surface area contributed by atoms with Crippen LogP contribution in [0.3, 0.4) is 0 Å². The van der Waals surface area contributed by atoms with Gasteiger partial charge in [-0.05, 0) is 24.8 Å². The van der Waals surface area contributed by atoms with Crippen molar-refractivity contribution in [2.24, 2.45) is 0 Å². The Hall–Kier alpha value is -0.980. The second-order valence-corrected chi connectivity index (χ2v) is 8.18. The van der Waals surface area contributed by atoms with E-state index in [1.165, 1.54) is 5.56 Å². The zero-order valence-electron chi connectivity index (χ0n) is 15.1. The van der Waals surface area contributed by atoms with E-state index in [1.54, 1.807) is 0 Å². The van der Waals surface area contributed by atoms with E-state index < -0.39 is 0 Å². The first-order valence-electron chi connectivity index (χ1n) is 9.73. The van der Waals surface area contributed by atoms with Gasteiger partial charge in [0, 0.05) is 58.5 Å². The molecule has 3 fully saturated rings. The quantitative estimate of drug-likeness (QED) is 0.783. The minimum absolute atomic E-state index is 0.168. The van der Waals surface area contributed by atoms with E-state index in [0.29, 0.717) is 6.04 Å². The highest BCUT2D eigenvalue weighted by molar-refractivity contribution is 5.17. The van der Waals surface area contributed by atoms with Gasteiger partial charge in [0.2, 0.25) is 0 Å². The first kappa shape index (κ1) is 17.4. The molecule has 3 saturated heterocycles. The van der Waals surface area contributed by atoms with Crippen LogP contribution in [0.4, 0.5) is 0 Å². The number of fused-ring (bicyclic) bond motifs is 2. The van der Waals surface area contributed by atoms with E-state index in [4.69, 9.17) is 5.11 Å². The molecule has 5 nitrogen and oxygen atoms in total. The van der Waals surface area contributed by atoms with Crippen LogP contribution >= 0.6 is 0 Å². The predicted molar refractivity (Wildman–Crippen MR) is 98.6 cm³/mol. The average molecular weight is 345 g/mol. The van der Waals surface area contributed by atoms with E-state index in [-0.39, 0.29) is 18.2 Å². The van der Waals surface area contributed by atoms with Crippen molar-refractivity contribution in [2.45, 2.75) is 36.9 Å². The lowest BCUT2D eigenvalue weighted by atomic mass is 9.83. The van der Waals surface area contributed by atoms with Crippen molar-refractivity contribution in [3.8, 4) is 0 Å². The molecular weight excluding hydrogens is 314 g/mol. The Balaban J connectivity index is 1.36. The van der Waals surface area contributed by atoms with Gasteiger partial charge in [-0.2, -0.15) is 0 Å². The van der Waals surface area contributed by atoms with Gasteiger partial charge in [0.15, 0.2) is 0 Å². The summed E-state index contributed by atoms with van der Waals surface area (Å²) in [5, 5.41) is 19.3. The molecule has 0 aliphatic carbocycles. The summed E-state index contributed by atoms with van der Waals surface area (Å²) in [7, 11) is 0. The van der Waals surface area contributed by atoms with Gasteiger partial charge in [-0.15, -0.1) is 0 Å². The van der Waals surface area contributed by atoms with Gasteiger partial charge in [0.05, 0.1) is 11.6 Å². The molecule has 0 amide bonds. The van der Waals surface area contributed by atoms with Gasteiger partial charge < -0.3 is 10.2 Å². The number of rotatable bonds is 6. The lowest BCUT2D eigenvalue weighted by molar-refractivity contribution is -0.113. The van der Waals surface area contributed by atoms with Crippen LogP contribution in [0.1, 0.15) is 18.4 Å². The predicted octanol–water partition coefficient (Wildman–Crippen LogP) is 0.417. The standard InChI is InChI=1S/C20H31N3O2/c24-10-4-8-21-12-18-11-19(25)13-23(18)20(14-21)15-22(16-20)9-7-17-5-2-1-3-6-17/h1-3,5-6,18-19,24-25H,4,7-16H2/t18-,19-/m1/s1. The minimum Gasteiger partial charge on any atom is -0.396 e. The van der Waals surface area contributed by atoms with Crippen molar-refractivity contribution < 1.29 is 10.2 Å². The summed E-state index contributed by atoms with van der Waals surface area (Å²) >= 11 is 0. The second-order valence-electron chi connectivity index (χ2n) is 8.18. The molecule has 4 rings (SSSR count). The molecular formula is C20H31N3O2. The molecule has 2 N–H and O–H groups in total. The molecule has 0 unspecified atom stereocenters. The number of hydrogen-bond acceptors (Lipinski definition) is 5. The molecule has 3 aliphatic rings. The average Bonchev–Trinajstić information content (AvgIpc) is 2.97. The Bertz CT molecular complexity index is 561. The van der Waals surface area contributed by atoms with Crippen LogP contribution in [-0.4, -0.2) is 95.0 Å². The molecule has 2 atom stereocenters. The van der Waals surface area contributed by atoms with E-state index in [1.807, 2.05) is 0 Å². The van der Waals surface area contributed by atoms with Crippen LogP contribution in [0.15, 0.2) is 30.3 Å². The Morgan fingerprint density at radius 3 is 2.52 bits per heavy atom. The summed E-state index contributed by atoms with van der Waals surface area (Å²) < 4.78 is 0. The lowest BCUT2D eigenvalue weighted by Gasteiger charge is -2.61. The highest BCUT2D eigenvalue weighted by Crippen LogP contribution is 2.38. The van der Waals surface area contributed by atoms with E-state index in [9.17, 15) is 5.11 Å². The summed E-state index contributed by atoms with van der Waals surface area (Å²) in [5.74, 6) is 0. The van der Waals surface area contributed by atoms with Gasteiger partial charge in [-0.25, -0.2) is 0 Å². The third-order valence-corrected chi connectivity index (χ3v) is 6.22. The fourth-order valence-corrected chi connectivity index (χ4v) is 5.14. The van der Waals surface area contributed by atoms with Crippen molar-refractivity contribution in [3.05, 3.63) is 35.9 Å². The maximum Gasteiger partial charge on any atom is 0.0682 e.